The lowest BCUT2D eigenvalue weighted by Gasteiger charge is -2.33. The van der Waals surface area contributed by atoms with Gasteiger partial charge in [0.05, 0.1) is 0 Å². The molecule has 0 unspecified atom stereocenters. The first kappa shape index (κ1) is 18.0. The third-order valence-electron chi connectivity index (χ3n) is 4.97. The average Bonchev–Trinajstić information content (AvgIpc) is 2.45. The van der Waals surface area contributed by atoms with Crippen LogP contribution in [0.4, 0.5) is 0 Å². The van der Waals surface area contributed by atoms with E-state index in [4.69, 9.17) is 4.74 Å². The molecule has 128 valence electrons. The molecule has 0 aromatic rings. The van der Waals surface area contributed by atoms with E-state index in [0.717, 1.165) is 24.8 Å². The largest absolute Gasteiger partial charge is 0.452 e. The van der Waals surface area contributed by atoms with Crippen molar-refractivity contribution in [2.75, 3.05) is 0 Å². The minimum Gasteiger partial charge on any atom is -0.452 e. The molecule has 0 aromatic carbocycles. The minimum atomic E-state index is -1.02. The predicted molar refractivity (Wildman–Crippen MR) is 93.0 cm³/mol. The Bertz CT molecular complexity index is 535. The first-order valence-electron chi connectivity index (χ1n) is 8.78. The quantitative estimate of drug-likeness (QED) is 0.573. The number of hydrogen-bond donors (Lipinski definition) is 1. The van der Waals surface area contributed by atoms with Crippen LogP contribution < -0.4 is 0 Å². The molecule has 2 rings (SSSR count). The van der Waals surface area contributed by atoms with Crippen LogP contribution >= 0.6 is 0 Å². The number of carbonyl (C=O) groups is 1. The Labute approximate surface area is 140 Å². The molecule has 2 aliphatic rings. The Hall–Kier alpha value is -1.35. The highest BCUT2D eigenvalue weighted by Gasteiger charge is 2.35. The van der Waals surface area contributed by atoms with Gasteiger partial charge in [0.15, 0.2) is 0 Å². The summed E-state index contributed by atoms with van der Waals surface area (Å²) in [7, 11) is 0. The van der Waals surface area contributed by atoms with Crippen LogP contribution in [0.15, 0.2) is 34.9 Å². The summed E-state index contributed by atoms with van der Waals surface area (Å²) >= 11 is 0. The van der Waals surface area contributed by atoms with Crippen molar-refractivity contribution >= 4 is 5.97 Å². The molecular formula is C20H30O3. The van der Waals surface area contributed by atoms with Crippen LogP contribution in [0.1, 0.15) is 66.2 Å². The Kier molecular flexibility index (Phi) is 5.85. The summed E-state index contributed by atoms with van der Waals surface area (Å²) in [6.45, 7) is 8.24. The van der Waals surface area contributed by atoms with Gasteiger partial charge in [-0.05, 0) is 64.4 Å². The van der Waals surface area contributed by atoms with Gasteiger partial charge in [0.2, 0.25) is 0 Å². The Balaban J connectivity index is 2.43. The summed E-state index contributed by atoms with van der Waals surface area (Å²) in [5.74, 6) is 0.0988. The van der Waals surface area contributed by atoms with Crippen molar-refractivity contribution in [3.63, 3.8) is 0 Å². The summed E-state index contributed by atoms with van der Waals surface area (Å²) < 4.78 is 5.70. The Morgan fingerprint density at radius 2 is 1.96 bits per heavy atom. The number of fused-ring (bicyclic) bond motifs is 3. The summed E-state index contributed by atoms with van der Waals surface area (Å²) in [5.41, 5.74) is 2.34. The van der Waals surface area contributed by atoms with E-state index in [1.807, 2.05) is 12.2 Å². The molecule has 0 amide bonds. The van der Waals surface area contributed by atoms with Gasteiger partial charge in [-0.25, -0.2) is 4.79 Å². The summed E-state index contributed by atoms with van der Waals surface area (Å²) in [6, 6.07) is 0. The zero-order valence-electron chi connectivity index (χ0n) is 14.9. The van der Waals surface area contributed by atoms with Crippen LogP contribution in [-0.2, 0) is 9.53 Å². The first-order valence-corrected chi connectivity index (χ1v) is 8.78. The van der Waals surface area contributed by atoms with E-state index >= 15 is 0 Å². The highest BCUT2D eigenvalue weighted by atomic mass is 16.6. The predicted octanol–water partition coefficient (Wildman–Crippen LogP) is 4.47. The van der Waals surface area contributed by atoms with Crippen LogP contribution in [0.25, 0.3) is 0 Å². The lowest BCUT2D eigenvalue weighted by Crippen LogP contribution is -2.42. The summed E-state index contributed by atoms with van der Waals surface area (Å²) in [5, 5.41) is 10.8. The van der Waals surface area contributed by atoms with Crippen LogP contribution in [0.3, 0.4) is 0 Å². The molecule has 2 aliphatic heterocycles. The highest BCUT2D eigenvalue weighted by molar-refractivity contribution is 5.88. The fraction of sp³-hybridized carbons (Fsp3) is 0.650. The second-order valence-corrected chi connectivity index (χ2v) is 7.44. The van der Waals surface area contributed by atoms with E-state index in [1.54, 1.807) is 6.92 Å². The van der Waals surface area contributed by atoms with Gasteiger partial charge in [-0.15, -0.1) is 0 Å². The van der Waals surface area contributed by atoms with E-state index in [1.165, 1.54) is 11.1 Å². The molecule has 0 radical (unpaired) electrons. The number of ether oxygens (including phenoxy) is 1. The molecule has 0 fully saturated rings. The van der Waals surface area contributed by atoms with Gasteiger partial charge in [-0.2, -0.15) is 0 Å². The summed E-state index contributed by atoms with van der Waals surface area (Å²) in [4.78, 5) is 12.5. The van der Waals surface area contributed by atoms with Crippen LogP contribution in [-0.4, -0.2) is 22.8 Å². The lowest BCUT2D eigenvalue weighted by atomic mass is 9.86. The van der Waals surface area contributed by atoms with E-state index in [-0.39, 0.29) is 5.97 Å². The van der Waals surface area contributed by atoms with Gasteiger partial charge in [-0.1, -0.05) is 37.1 Å². The molecule has 2 heterocycles. The molecule has 3 heteroatoms. The highest BCUT2D eigenvalue weighted by Crippen LogP contribution is 2.30. The monoisotopic (exact) mass is 318 g/mol. The van der Waals surface area contributed by atoms with Crippen LogP contribution in [0.2, 0.25) is 0 Å². The molecule has 2 atom stereocenters. The number of carbonyl (C=O) groups excluding carboxylic acids is 1. The molecule has 0 aliphatic carbocycles. The van der Waals surface area contributed by atoms with Gasteiger partial charge in [0.25, 0.3) is 0 Å². The SMILES string of the molecule is C/C1=C/CCC2=CCC[C@@](C)(O)[C@H](/C=C(/C(C)C)CC1)OC2=O. The Morgan fingerprint density at radius 3 is 2.65 bits per heavy atom. The van der Waals surface area contributed by atoms with Crippen molar-refractivity contribution in [1.82, 2.24) is 0 Å². The number of hydrogen-bond acceptors (Lipinski definition) is 3. The van der Waals surface area contributed by atoms with Crippen molar-refractivity contribution in [3.05, 3.63) is 34.9 Å². The maximum atomic E-state index is 12.5. The minimum absolute atomic E-state index is 0.277. The topological polar surface area (TPSA) is 46.5 Å². The molecule has 1 N–H and O–H groups in total. The molecule has 2 bridgehead atoms. The molecule has 3 nitrogen and oxygen atoms in total. The van der Waals surface area contributed by atoms with Crippen molar-refractivity contribution in [1.29, 1.82) is 0 Å². The lowest BCUT2D eigenvalue weighted by molar-refractivity contribution is -0.155. The molecule has 0 saturated heterocycles. The third-order valence-corrected chi connectivity index (χ3v) is 4.97. The number of aliphatic hydroxyl groups is 1. The van der Waals surface area contributed by atoms with E-state index < -0.39 is 11.7 Å². The average molecular weight is 318 g/mol. The van der Waals surface area contributed by atoms with E-state index in [2.05, 4.69) is 26.8 Å². The molecule has 0 aromatic heterocycles. The molecule has 0 spiro atoms. The van der Waals surface area contributed by atoms with E-state index in [9.17, 15) is 9.90 Å². The first-order chi connectivity index (χ1) is 10.8. The van der Waals surface area contributed by atoms with Crippen molar-refractivity contribution in [2.45, 2.75) is 77.9 Å². The molecular weight excluding hydrogens is 288 g/mol. The van der Waals surface area contributed by atoms with Gasteiger partial charge >= 0.3 is 5.97 Å². The fourth-order valence-electron chi connectivity index (χ4n) is 3.18. The van der Waals surface area contributed by atoms with Gasteiger partial charge in [0, 0.05) is 5.57 Å². The van der Waals surface area contributed by atoms with Crippen LogP contribution in [0.5, 0.6) is 0 Å². The van der Waals surface area contributed by atoms with Crippen molar-refractivity contribution in [2.24, 2.45) is 5.92 Å². The normalized spacial score (nSPS) is 34.8. The zero-order chi connectivity index (χ0) is 17.0. The standard InChI is InChI=1S/C20H30O3/c1-14(2)17-11-10-15(3)7-5-8-16-9-6-12-20(4,22)18(13-17)23-19(16)21/h7,9,13-14,18,22H,5-6,8,10-12H2,1-4H3/b15-7-,16-9?,17-13+/t18-,20+/m0/s1. The van der Waals surface area contributed by atoms with Crippen LogP contribution in [0, 0.1) is 5.92 Å². The zero-order valence-corrected chi connectivity index (χ0v) is 14.9. The number of esters is 1. The maximum absolute atomic E-state index is 12.5. The van der Waals surface area contributed by atoms with E-state index in [0.29, 0.717) is 25.2 Å². The third kappa shape index (κ3) is 4.81. The number of allylic oxidation sites excluding steroid dienone is 4. The Morgan fingerprint density at radius 1 is 1.22 bits per heavy atom. The van der Waals surface area contributed by atoms with Gasteiger partial charge in [-0.3, -0.25) is 0 Å². The molecule has 23 heavy (non-hydrogen) atoms. The van der Waals surface area contributed by atoms with Crippen molar-refractivity contribution in [3.8, 4) is 0 Å². The smallest absolute Gasteiger partial charge is 0.334 e. The van der Waals surface area contributed by atoms with Gasteiger partial charge in [0.1, 0.15) is 11.7 Å². The second-order valence-electron chi connectivity index (χ2n) is 7.44. The van der Waals surface area contributed by atoms with Gasteiger partial charge < -0.3 is 9.84 Å². The summed E-state index contributed by atoms with van der Waals surface area (Å²) in [6.07, 6.45) is 10.5. The fourth-order valence-corrected chi connectivity index (χ4v) is 3.18. The van der Waals surface area contributed by atoms with Crippen molar-refractivity contribution < 1.29 is 14.6 Å². The number of rotatable bonds is 1. The maximum Gasteiger partial charge on any atom is 0.334 e. The molecule has 0 saturated carbocycles. The second kappa shape index (κ2) is 7.48.